The number of ether oxygens (including phenoxy) is 2. The minimum Gasteiger partial charge on any atom is -0.462 e. The van der Waals surface area contributed by atoms with Gasteiger partial charge in [0, 0.05) is 27.2 Å². The number of piperidine rings is 1. The lowest BCUT2D eigenvalue weighted by Gasteiger charge is -2.32. The van der Waals surface area contributed by atoms with Gasteiger partial charge in [-0.05, 0) is 32.2 Å². The van der Waals surface area contributed by atoms with Crippen LogP contribution in [0.5, 0.6) is 0 Å². The Balaban J connectivity index is 2.05. The summed E-state index contributed by atoms with van der Waals surface area (Å²) < 4.78 is 12.1. The van der Waals surface area contributed by atoms with Gasteiger partial charge in [0.15, 0.2) is 0 Å². The molecule has 1 aromatic heterocycles. The van der Waals surface area contributed by atoms with Crippen molar-refractivity contribution in [1.82, 2.24) is 14.7 Å². The third-order valence-corrected chi connectivity index (χ3v) is 3.94. The fraction of sp³-hybridized carbons (Fsp3) is 0.733. The molecule has 2 heterocycles. The Morgan fingerprint density at radius 2 is 2.33 bits per heavy atom. The molecule has 1 aliphatic rings. The average Bonchev–Trinajstić information content (AvgIpc) is 2.81. The first-order chi connectivity index (χ1) is 10.2. The van der Waals surface area contributed by atoms with E-state index in [1.165, 1.54) is 12.8 Å². The molecular weight excluding hydrogens is 270 g/mol. The van der Waals surface area contributed by atoms with E-state index in [1.807, 2.05) is 14.0 Å². The number of esters is 1. The number of rotatable bonds is 6. The number of carbonyl (C=O) groups excluding carboxylic acids is 1. The molecule has 1 aliphatic heterocycles. The molecule has 0 aliphatic carbocycles. The predicted octanol–water partition coefficient (Wildman–Crippen LogP) is 1.46. The zero-order valence-electron chi connectivity index (χ0n) is 13.2. The first kappa shape index (κ1) is 16.0. The lowest BCUT2D eigenvalue weighted by molar-refractivity contribution is 0.0521. The van der Waals surface area contributed by atoms with Gasteiger partial charge in [0.25, 0.3) is 0 Å². The largest absolute Gasteiger partial charge is 0.462 e. The number of aromatic nitrogens is 2. The van der Waals surface area contributed by atoms with E-state index in [9.17, 15) is 4.79 Å². The highest BCUT2D eigenvalue weighted by Gasteiger charge is 2.24. The maximum absolute atomic E-state index is 12.0. The Kier molecular flexibility index (Phi) is 5.76. The van der Waals surface area contributed by atoms with Crippen LogP contribution >= 0.6 is 0 Å². The molecule has 118 valence electrons. The highest BCUT2D eigenvalue weighted by atomic mass is 16.5. The minimum absolute atomic E-state index is 0.286. The molecule has 1 atom stereocenters. The van der Waals surface area contributed by atoms with Gasteiger partial charge >= 0.3 is 5.97 Å². The third kappa shape index (κ3) is 4.04. The van der Waals surface area contributed by atoms with Crippen LogP contribution in [-0.4, -0.2) is 54.1 Å². The molecule has 0 N–H and O–H groups in total. The molecule has 6 nitrogen and oxygen atoms in total. The molecule has 0 aromatic carbocycles. The SMILES string of the molecule is CCOC(=O)c1cnn(C)c1CN1CCCC(COC)C1. The van der Waals surface area contributed by atoms with E-state index in [0.29, 0.717) is 18.1 Å². The van der Waals surface area contributed by atoms with Gasteiger partial charge < -0.3 is 9.47 Å². The number of nitrogens with zero attached hydrogens (tertiary/aromatic N) is 3. The van der Waals surface area contributed by atoms with E-state index in [1.54, 1.807) is 18.0 Å². The molecule has 0 saturated carbocycles. The first-order valence-electron chi connectivity index (χ1n) is 7.55. The van der Waals surface area contributed by atoms with Gasteiger partial charge in [-0.3, -0.25) is 9.58 Å². The number of methoxy groups -OCH3 is 1. The van der Waals surface area contributed by atoms with Crippen LogP contribution in [0.15, 0.2) is 6.20 Å². The second kappa shape index (κ2) is 7.56. The molecule has 0 bridgehead atoms. The second-order valence-corrected chi connectivity index (χ2v) is 5.55. The summed E-state index contributed by atoms with van der Waals surface area (Å²) in [6, 6.07) is 0. The van der Waals surface area contributed by atoms with Gasteiger partial charge in [-0.15, -0.1) is 0 Å². The summed E-state index contributed by atoms with van der Waals surface area (Å²) in [4.78, 5) is 14.3. The molecule has 1 saturated heterocycles. The Labute approximate surface area is 126 Å². The number of aryl methyl sites for hydroxylation is 1. The summed E-state index contributed by atoms with van der Waals surface area (Å²) >= 11 is 0. The number of hydrogen-bond acceptors (Lipinski definition) is 5. The normalized spacial score (nSPS) is 19.7. The molecule has 21 heavy (non-hydrogen) atoms. The van der Waals surface area contributed by atoms with Crippen LogP contribution < -0.4 is 0 Å². The highest BCUT2D eigenvalue weighted by Crippen LogP contribution is 2.20. The van der Waals surface area contributed by atoms with E-state index < -0.39 is 0 Å². The Morgan fingerprint density at radius 1 is 1.52 bits per heavy atom. The monoisotopic (exact) mass is 295 g/mol. The molecule has 1 unspecified atom stereocenters. The van der Waals surface area contributed by atoms with Gasteiger partial charge in [-0.2, -0.15) is 5.10 Å². The minimum atomic E-state index is -0.286. The van der Waals surface area contributed by atoms with E-state index in [-0.39, 0.29) is 5.97 Å². The molecule has 0 radical (unpaired) electrons. The summed E-state index contributed by atoms with van der Waals surface area (Å²) in [6.07, 6.45) is 3.98. The summed E-state index contributed by atoms with van der Waals surface area (Å²) in [5.41, 5.74) is 1.50. The van der Waals surface area contributed by atoms with Crippen LogP contribution in [0.25, 0.3) is 0 Å². The summed E-state index contributed by atoms with van der Waals surface area (Å²) in [5.74, 6) is 0.286. The van der Waals surface area contributed by atoms with Crippen molar-refractivity contribution in [3.63, 3.8) is 0 Å². The van der Waals surface area contributed by atoms with Crippen LogP contribution in [0.1, 0.15) is 35.8 Å². The van der Waals surface area contributed by atoms with E-state index in [4.69, 9.17) is 9.47 Å². The van der Waals surface area contributed by atoms with Crippen LogP contribution in [0.4, 0.5) is 0 Å². The van der Waals surface area contributed by atoms with Crippen molar-refractivity contribution in [3.05, 3.63) is 17.5 Å². The van der Waals surface area contributed by atoms with Crippen LogP contribution in [0.3, 0.4) is 0 Å². The fourth-order valence-electron chi connectivity index (χ4n) is 2.91. The Bertz CT molecular complexity index is 471. The van der Waals surface area contributed by atoms with Crippen molar-refractivity contribution in [3.8, 4) is 0 Å². The van der Waals surface area contributed by atoms with Gasteiger partial charge in [0.05, 0.1) is 25.1 Å². The second-order valence-electron chi connectivity index (χ2n) is 5.55. The molecule has 1 fully saturated rings. The Morgan fingerprint density at radius 3 is 3.05 bits per heavy atom. The van der Waals surface area contributed by atoms with E-state index >= 15 is 0 Å². The van der Waals surface area contributed by atoms with Crippen molar-refractivity contribution in [2.24, 2.45) is 13.0 Å². The topological polar surface area (TPSA) is 56.6 Å². The zero-order chi connectivity index (χ0) is 15.2. The van der Waals surface area contributed by atoms with Crippen LogP contribution in [-0.2, 0) is 23.1 Å². The standard InChI is InChI=1S/C15H25N3O3/c1-4-21-15(19)13-8-16-17(2)14(13)10-18-7-5-6-12(9-18)11-20-3/h8,12H,4-7,9-11H2,1-3H3. The van der Waals surface area contributed by atoms with Gasteiger partial charge in [-0.1, -0.05) is 0 Å². The van der Waals surface area contributed by atoms with Crippen molar-refractivity contribution < 1.29 is 14.3 Å². The Hall–Kier alpha value is -1.40. The fourth-order valence-corrected chi connectivity index (χ4v) is 2.91. The molecular formula is C15H25N3O3. The molecule has 0 amide bonds. The lowest BCUT2D eigenvalue weighted by atomic mass is 9.98. The lowest BCUT2D eigenvalue weighted by Crippen LogP contribution is -2.37. The summed E-state index contributed by atoms with van der Waals surface area (Å²) in [5, 5.41) is 4.21. The van der Waals surface area contributed by atoms with Crippen LogP contribution in [0, 0.1) is 5.92 Å². The number of hydrogen-bond donors (Lipinski definition) is 0. The molecule has 6 heteroatoms. The van der Waals surface area contributed by atoms with Crippen LogP contribution in [0.2, 0.25) is 0 Å². The summed E-state index contributed by atoms with van der Waals surface area (Å²) in [6.45, 7) is 5.77. The number of carbonyl (C=O) groups is 1. The van der Waals surface area contributed by atoms with Gasteiger partial charge in [-0.25, -0.2) is 4.79 Å². The average molecular weight is 295 g/mol. The van der Waals surface area contributed by atoms with Crippen molar-refractivity contribution in [1.29, 1.82) is 0 Å². The maximum Gasteiger partial charge on any atom is 0.341 e. The highest BCUT2D eigenvalue weighted by molar-refractivity contribution is 5.90. The van der Waals surface area contributed by atoms with Gasteiger partial charge in [0.2, 0.25) is 0 Å². The molecule has 1 aromatic rings. The van der Waals surface area contributed by atoms with Crippen molar-refractivity contribution in [2.45, 2.75) is 26.3 Å². The molecule has 0 spiro atoms. The maximum atomic E-state index is 12.0. The first-order valence-corrected chi connectivity index (χ1v) is 7.55. The molecule has 2 rings (SSSR count). The van der Waals surface area contributed by atoms with E-state index in [0.717, 1.165) is 31.9 Å². The van der Waals surface area contributed by atoms with Crippen molar-refractivity contribution in [2.75, 3.05) is 33.4 Å². The summed E-state index contributed by atoms with van der Waals surface area (Å²) in [7, 11) is 3.62. The smallest absolute Gasteiger partial charge is 0.341 e. The van der Waals surface area contributed by atoms with Gasteiger partial charge in [0.1, 0.15) is 5.56 Å². The quantitative estimate of drug-likeness (QED) is 0.744. The van der Waals surface area contributed by atoms with E-state index in [2.05, 4.69) is 10.00 Å². The number of likely N-dealkylation sites (tertiary alicyclic amines) is 1. The predicted molar refractivity (Wildman–Crippen MR) is 79.0 cm³/mol. The third-order valence-electron chi connectivity index (χ3n) is 3.94. The van der Waals surface area contributed by atoms with Crippen molar-refractivity contribution >= 4 is 5.97 Å². The zero-order valence-corrected chi connectivity index (χ0v) is 13.2.